The zero-order valence-corrected chi connectivity index (χ0v) is 21.7. The summed E-state index contributed by atoms with van der Waals surface area (Å²) in [6, 6.07) is 16.6. The van der Waals surface area contributed by atoms with Gasteiger partial charge in [0.15, 0.2) is 0 Å². The van der Waals surface area contributed by atoms with Gasteiger partial charge in [0.05, 0.1) is 0 Å². The van der Waals surface area contributed by atoms with Gasteiger partial charge < -0.3 is 0 Å². The third-order valence-corrected chi connectivity index (χ3v) is 5.68. The van der Waals surface area contributed by atoms with E-state index in [1.807, 2.05) is 62.0 Å². The molecule has 0 aliphatic heterocycles. The number of benzene rings is 2. The molecule has 1 aliphatic rings. The number of rotatable bonds is 6. The Morgan fingerprint density at radius 2 is 1.60 bits per heavy atom. The summed E-state index contributed by atoms with van der Waals surface area (Å²) in [5, 5.41) is 0. The van der Waals surface area contributed by atoms with Gasteiger partial charge in [0.2, 0.25) is 0 Å². The fourth-order valence-corrected chi connectivity index (χ4v) is 4.59. The smallest absolute Gasteiger partial charge is 0.0192 e. The fourth-order valence-electron chi connectivity index (χ4n) is 2.47. The van der Waals surface area contributed by atoms with Crippen molar-refractivity contribution in [3.05, 3.63) is 118 Å². The summed E-state index contributed by atoms with van der Waals surface area (Å²) in [6.45, 7) is 7.61. The summed E-state index contributed by atoms with van der Waals surface area (Å²) in [5.74, 6) is 1.04. The molecule has 0 saturated carbocycles. The minimum Gasteiger partial charge on any atom is -0.122 e. The van der Waals surface area contributed by atoms with Gasteiger partial charge in [-0.05, 0) is 42.2 Å². The maximum atomic E-state index is 3.61. The number of halogens is 2. The molecule has 0 N–H and O–H groups in total. The third kappa shape index (κ3) is 11.6. The molecule has 0 amide bonds. The molecule has 0 atom stereocenters. The highest BCUT2D eigenvalue weighted by Crippen LogP contribution is 2.27. The van der Waals surface area contributed by atoms with Crippen LogP contribution in [-0.2, 0) is 0 Å². The summed E-state index contributed by atoms with van der Waals surface area (Å²) in [7, 11) is 0. The van der Waals surface area contributed by atoms with Crippen LogP contribution in [-0.4, -0.2) is 5.75 Å². The van der Waals surface area contributed by atoms with Gasteiger partial charge in [0, 0.05) is 19.6 Å². The molecule has 2 aromatic rings. The molecule has 3 heteroatoms. The molecular weight excluding hydrogens is 516 g/mol. The molecule has 0 aromatic heterocycles. The molecular formula is C27H30Br2S. The molecule has 0 fully saturated rings. The van der Waals surface area contributed by atoms with E-state index in [0.29, 0.717) is 0 Å². The van der Waals surface area contributed by atoms with Crippen molar-refractivity contribution < 1.29 is 0 Å². The summed E-state index contributed by atoms with van der Waals surface area (Å²) in [5.41, 5.74) is 2.45. The highest BCUT2D eigenvalue weighted by atomic mass is 79.9. The molecule has 3 rings (SSSR count). The summed E-state index contributed by atoms with van der Waals surface area (Å²) in [4.78, 5) is 1.40. The Labute approximate surface area is 203 Å². The van der Waals surface area contributed by atoms with Gasteiger partial charge in [0.25, 0.3) is 0 Å². The van der Waals surface area contributed by atoms with E-state index in [-0.39, 0.29) is 0 Å². The molecule has 0 heterocycles. The second kappa shape index (κ2) is 17.2. The van der Waals surface area contributed by atoms with E-state index in [2.05, 4.69) is 93.1 Å². The second-order valence-corrected chi connectivity index (χ2v) is 8.89. The molecule has 0 unspecified atom stereocenters. The monoisotopic (exact) mass is 544 g/mol. The normalized spacial score (nSPS) is 12.6. The van der Waals surface area contributed by atoms with Crippen LogP contribution in [0.2, 0.25) is 0 Å². The van der Waals surface area contributed by atoms with Crippen LogP contribution in [0.15, 0.2) is 118 Å². The van der Waals surface area contributed by atoms with Crippen molar-refractivity contribution in [2.45, 2.75) is 26.7 Å². The van der Waals surface area contributed by atoms with Crippen LogP contribution in [0.5, 0.6) is 0 Å². The van der Waals surface area contributed by atoms with Crippen molar-refractivity contribution in [2.75, 3.05) is 5.75 Å². The zero-order chi connectivity index (χ0) is 22.0. The molecule has 158 valence electrons. The highest BCUT2D eigenvalue weighted by molar-refractivity contribution is 9.11. The molecule has 0 spiro atoms. The third-order valence-electron chi connectivity index (χ3n) is 3.77. The van der Waals surface area contributed by atoms with Crippen LogP contribution < -0.4 is 0 Å². The Hall–Kier alpha value is -1.55. The van der Waals surface area contributed by atoms with E-state index in [1.54, 1.807) is 6.08 Å². The van der Waals surface area contributed by atoms with E-state index >= 15 is 0 Å². The second-order valence-electron chi connectivity index (χ2n) is 5.97. The van der Waals surface area contributed by atoms with Gasteiger partial charge in [-0.25, -0.2) is 0 Å². The van der Waals surface area contributed by atoms with E-state index in [1.165, 1.54) is 28.9 Å². The van der Waals surface area contributed by atoms with Gasteiger partial charge in [-0.15, -0.1) is 11.8 Å². The van der Waals surface area contributed by atoms with Crippen molar-refractivity contribution in [2.24, 2.45) is 0 Å². The molecule has 1 aliphatic carbocycles. The first-order valence-corrected chi connectivity index (χ1v) is 12.7. The van der Waals surface area contributed by atoms with Crippen molar-refractivity contribution in [1.29, 1.82) is 0 Å². The molecule has 2 aromatic carbocycles. The lowest BCUT2D eigenvalue weighted by Gasteiger charge is -2.03. The lowest BCUT2D eigenvalue weighted by molar-refractivity contribution is 1.03. The van der Waals surface area contributed by atoms with Gasteiger partial charge >= 0.3 is 0 Å². The SMILES string of the molecule is Brc1cc(Br)cc(-c2ccccc2)c1.C=C/C=C\C=C/CSC1=CCCC=C1.CC. The first-order chi connectivity index (χ1) is 14.7. The molecule has 0 saturated heterocycles. The number of hydrogen-bond acceptors (Lipinski definition) is 1. The standard InChI is InChI=1S/C13H16S.C12H8Br2.C2H6/c1-2-3-4-5-9-12-14-13-10-7-6-8-11-13;13-11-6-10(7-12(14)8-11)9-4-2-1-3-5-9;1-2/h2-5,7,9-11H,1,6,8,12H2;1-8H;1-2H3/b4-3-,9-5-;;. The number of thioether (sulfide) groups is 1. The Kier molecular flexibility index (Phi) is 15.2. The van der Waals surface area contributed by atoms with Gasteiger partial charge in [-0.2, -0.15) is 0 Å². The lowest BCUT2D eigenvalue weighted by atomic mass is 10.1. The maximum Gasteiger partial charge on any atom is 0.0192 e. The average Bonchev–Trinajstić information content (AvgIpc) is 2.79. The summed E-state index contributed by atoms with van der Waals surface area (Å²) >= 11 is 8.84. The Balaban J connectivity index is 0.000000277. The predicted molar refractivity (Wildman–Crippen MR) is 146 cm³/mol. The van der Waals surface area contributed by atoms with Gasteiger partial charge in [-0.1, -0.05) is 131 Å². The van der Waals surface area contributed by atoms with Gasteiger partial charge in [-0.3, -0.25) is 0 Å². The number of hydrogen-bond donors (Lipinski definition) is 0. The van der Waals surface area contributed by atoms with E-state index in [9.17, 15) is 0 Å². The van der Waals surface area contributed by atoms with Crippen molar-refractivity contribution in [3.63, 3.8) is 0 Å². The zero-order valence-electron chi connectivity index (χ0n) is 17.7. The average molecular weight is 546 g/mol. The number of allylic oxidation sites excluding steroid dienone is 7. The molecule has 30 heavy (non-hydrogen) atoms. The van der Waals surface area contributed by atoms with Crippen molar-refractivity contribution in [1.82, 2.24) is 0 Å². The summed E-state index contributed by atoms with van der Waals surface area (Å²) in [6.07, 6.45) is 19.1. The predicted octanol–water partition coefficient (Wildman–Crippen LogP) is 10.2. The van der Waals surface area contributed by atoms with Crippen molar-refractivity contribution in [3.8, 4) is 11.1 Å². The first kappa shape index (κ1) is 26.5. The molecule has 0 radical (unpaired) electrons. The highest BCUT2D eigenvalue weighted by Gasteiger charge is 1.99. The Morgan fingerprint density at radius 3 is 2.20 bits per heavy atom. The minimum absolute atomic E-state index is 1.04. The largest absolute Gasteiger partial charge is 0.122 e. The Bertz CT molecular complexity index is 841. The van der Waals surface area contributed by atoms with Crippen LogP contribution in [0.1, 0.15) is 26.7 Å². The quantitative estimate of drug-likeness (QED) is 0.325. The van der Waals surface area contributed by atoms with Crippen LogP contribution in [0.4, 0.5) is 0 Å². The minimum atomic E-state index is 1.04. The fraction of sp³-hybridized carbons (Fsp3) is 0.185. The van der Waals surface area contributed by atoms with E-state index < -0.39 is 0 Å². The topological polar surface area (TPSA) is 0 Å². The maximum absolute atomic E-state index is 3.61. The first-order valence-electron chi connectivity index (χ1n) is 10.1. The lowest BCUT2D eigenvalue weighted by Crippen LogP contribution is -1.80. The van der Waals surface area contributed by atoms with Crippen LogP contribution in [0.25, 0.3) is 11.1 Å². The Morgan fingerprint density at radius 1 is 0.900 bits per heavy atom. The van der Waals surface area contributed by atoms with Crippen LogP contribution >= 0.6 is 43.6 Å². The van der Waals surface area contributed by atoms with E-state index in [0.717, 1.165) is 14.7 Å². The van der Waals surface area contributed by atoms with Crippen molar-refractivity contribution >= 4 is 43.6 Å². The summed E-state index contributed by atoms with van der Waals surface area (Å²) < 4.78 is 2.18. The van der Waals surface area contributed by atoms with Crippen LogP contribution in [0.3, 0.4) is 0 Å². The van der Waals surface area contributed by atoms with Gasteiger partial charge in [0.1, 0.15) is 0 Å². The molecule has 0 bridgehead atoms. The molecule has 0 nitrogen and oxygen atoms in total. The van der Waals surface area contributed by atoms with Crippen LogP contribution in [0, 0.1) is 0 Å². The van der Waals surface area contributed by atoms with E-state index in [4.69, 9.17) is 0 Å².